The molecule has 1 N–H and O–H groups in total. The zero-order chi connectivity index (χ0) is 14.0. The fourth-order valence-corrected chi connectivity index (χ4v) is 2.30. The smallest absolute Gasteiger partial charge is 0.324 e. The minimum atomic E-state index is -0.923. The predicted octanol–water partition coefficient (Wildman–Crippen LogP) is 1.41. The molecule has 0 bridgehead atoms. The van der Waals surface area contributed by atoms with Gasteiger partial charge < -0.3 is 14.7 Å². The number of carboxylic acids is 1. The fraction of sp³-hybridized carbons (Fsp3) is 0.385. The van der Waals surface area contributed by atoms with Gasteiger partial charge >= 0.3 is 12.0 Å². The van der Waals surface area contributed by atoms with Crippen LogP contribution in [0.2, 0.25) is 0 Å². The lowest BCUT2D eigenvalue weighted by atomic mass is 10.1. The summed E-state index contributed by atoms with van der Waals surface area (Å²) in [6.07, 6.45) is -0.0892. The van der Waals surface area contributed by atoms with Crippen molar-refractivity contribution in [1.82, 2.24) is 4.90 Å². The van der Waals surface area contributed by atoms with Crippen molar-refractivity contribution in [3.05, 3.63) is 24.3 Å². The summed E-state index contributed by atoms with van der Waals surface area (Å²) >= 11 is 0. The van der Waals surface area contributed by atoms with Crippen LogP contribution in [-0.2, 0) is 4.79 Å². The van der Waals surface area contributed by atoms with E-state index in [2.05, 4.69) is 0 Å². The van der Waals surface area contributed by atoms with Gasteiger partial charge in [0.2, 0.25) is 0 Å². The Morgan fingerprint density at radius 2 is 2.16 bits per heavy atom. The average molecular weight is 264 g/mol. The normalized spacial score (nSPS) is 18.8. The predicted molar refractivity (Wildman–Crippen MR) is 69.5 cm³/mol. The van der Waals surface area contributed by atoms with Crippen molar-refractivity contribution in [3.63, 3.8) is 0 Å². The summed E-state index contributed by atoms with van der Waals surface area (Å²) in [4.78, 5) is 26.1. The second-order valence-corrected chi connectivity index (χ2v) is 4.46. The van der Waals surface area contributed by atoms with Crippen LogP contribution in [0.3, 0.4) is 0 Å². The van der Waals surface area contributed by atoms with Crippen LogP contribution in [0.4, 0.5) is 10.5 Å². The molecule has 6 nitrogen and oxygen atoms in total. The van der Waals surface area contributed by atoms with E-state index in [1.54, 1.807) is 31.3 Å². The molecule has 1 aliphatic heterocycles. The Morgan fingerprint density at radius 3 is 2.79 bits per heavy atom. The first kappa shape index (κ1) is 13.2. The van der Waals surface area contributed by atoms with E-state index in [0.717, 1.165) is 0 Å². The van der Waals surface area contributed by atoms with Crippen molar-refractivity contribution < 1.29 is 19.4 Å². The third kappa shape index (κ3) is 2.47. The van der Waals surface area contributed by atoms with Gasteiger partial charge in [-0.25, -0.2) is 4.79 Å². The number of hydrogen-bond acceptors (Lipinski definition) is 3. The van der Waals surface area contributed by atoms with Crippen molar-refractivity contribution in [1.29, 1.82) is 0 Å². The highest BCUT2D eigenvalue weighted by Gasteiger charge is 2.38. The Labute approximate surface area is 111 Å². The Hall–Kier alpha value is -2.24. The zero-order valence-corrected chi connectivity index (χ0v) is 10.9. The molecule has 1 aromatic carbocycles. The van der Waals surface area contributed by atoms with E-state index >= 15 is 0 Å². The van der Waals surface area contributed by atoms with Crippen LogP contribution in [-0.4, -0.2) is 48.8 Å². The van der Waals surface area contributed by atoms with E-state index < -0.39 is 5.97 Å². The maximum Gasteiger partial charge on any atom is 0.324 e. The maximum absolute atomic E-state index is 12.2. The highest BCUT2D eigenvalue weighted by atomic mass is 16.5. The molecule has 0 radical (unpaired) electrons. The minimum absolute atomic E-state index is 0.0892. The lowest BCUT2D eigenvalue weighted by Crippen LogP contribution is -2.36. The Kier molecular flexibility index (Phi) is 3.59. The van der Waals surface area contributed by atoms with E-state index in [9.17, 15) is 9.59 Å². The van der Waals surface area contributed by atoms with Crippen LogP contribution >= 0.6 is 0 Å². The number of carbonyl (C=O) groups is 2. The molecule has 1 unspecified atom stereocenters. The van der Waals surface area contributed by atoms with Crippen molar-refractivity contribution in [2.24, 2.45) is 0 Å². The molecule has 6 heteroatoms. The number of likely N-dealkylation sites (N-methyl/N-ethyl adjacent to an activating group) is 1. The monoisotopic (exact) mass is 264 g/mol. The van der Waals surface area contributed by atoms with Gasteiger partial charge in [0.25, 0.3) is 0 Å². The molecule has 0 aliphatic carbocycles. The number of rotatable bonds is 4. The molecule has 0 spiro atoms. The van der Waals surface area contributed by atoms with Crippen LogP contribution < -0.4 is 9.64 Å². The van der Waals surface area contributed by atoms with Crippen LogP contribution in [0.5, 0.6) is 5.75 Å². The van der Waals surface area contributed by atoms with Gasteiger partial charge in [-0.15, -0.1) is 0 Å². The second kappa shape index (κ2) is 5.17. The summed E-state index contributed by atoms with van der Waals surface area (Å²) in [7, 11) is 3.18. The van der Waals surface area contributed by atoms with Crippen LogP contribution in [0.15, 0.2) is 24.3 Å². The molecule has 1 heterocycles. The minimum Gasteiger partial charge on any atom is -0.495 e. The molecule has 1 atom stereocenters. The Morgan fingerprint density at radius 1 is 1.47 bits per heavy atom. The third-order valence-corrected chi connectivity index (χ3v) is 3.14. The largest absolute Gasteiger partial charge is 0.495 e. The molecular formula is C13H16N2O4. The van der Waals surface area contributed by atoms with Gasteiger partial charge in [-0.2, -0.15) is 0 Å². The highest BCUT2D eigenvalue weighted by molar-refractivity contribution is 5.97. The van der Waals surface area contributed by atoms with E-state index in [-0.39, 0.29) is 18.5 Å². The summed E-state index contributed by atoms with van der Waals surface area (Å²) in [6, 6.07) is 6.51. The number of methoxy groups -OCH3 is 1. The van der Waals surface area contributed by atoms with Crippen molar-refractivity contribution in [2.75, 3.05) is 25.6 Å². The zero-order valence-electron chi connectivity index (χ0n) is 10.9. The van der Waals surface area contributed by atoms with Crippen LogP contribution in [0, 0.1) is 0 Å². The number of aliphatic carboxylic acids is 1. The van der Waals surface area contributed by atoms with Gasteiger partial charge in [0.15, 0.2) is 0 Å². The molecule has 0 saturated carbocycles. The summed E-state index contributed by atoms with van der Waals surface area (Å²) in [6.45, 7) is 0.392. The number of nitrogens with zero attached hydrogens (tertiary/aromatic N) is 2. The molecule has 1 aromatic rings. The van der Waals surface area contributed by atoms with Crippen LogP contribution in [0.25, 0.3) is 0 Å². The van der Waals surface area contributed by atoms with E-state index in [4.69, 9.17) is 9.84 Å². The maximum atomic E-state index is 12.2. The van der Waals surface area contributed by atoms with Gasteiger partial charge in [0.05, 0.1) is 25.3 Å². The SMILES string of the molecule is COc1ccccc1N1C(=O)N(C)CC1CC(=O)O. The fourth-order valence-electron chi connectivity index (χ4n) is 2.30. The first-order valence-corrected chi connectivity index (χ1v) is 5.93. The van der Waals surface area contributed by atoms with Crippen molar-refractivity contribution in [2.45, 2.75) is 12.5 Å². The average Bonchev–Trinajstić information content (AvgIpc) is 2.64. The number of para-hydroxylation sites is 2. The Balaban J connectivity index is 2.38. The Bertz CT molecular complexity index is 503. The number of carbonyl (C=O) groups excluding carboxylic acids is 1. The lowest BCUT2D eigenvalue weighted by Gasteiger charge is -2.23. The first-order valence-electron chi connectivity index (χ1n) is 5.93. The van der Waals surface area contributed by atoms with Gasteiger partial charge in [-0.05, 0) is 12.1 Å². The molecule has 2 amide bonds. The van der Waals surface area contributed by atoms with Gasteiger partial charge in [0.1, 0.15) is 5.75 Å². The molecule has 19 heavy (non-hydrogen) atoms. The summed E-state index contributed by atoms with van der Waals surface area (Å²) < 4.78 is 5.23. The quantitative estimate of drug-likeness (QED) is 0.892. The summed E-state index contributed by atoms with van der Waals surface area (Å²) in [5, 5.41) is 8.95. The standard InChI is InChI=1S/C13H16N2O4/c1-14-8-9(7-12(16)17)15(13(14)18)10-5-3-4-6-11(10)19-2/h3-6,9H,7-8H2,1-2H3,(H,16,17). The van der Waals surface area contributed by atoms with Gasteiger partial charge in [0, 0.05) is 13.6 Å². The lowest BCUT2D eigenvalue weighted by molar-refractivity contribution is -0.137. The number of urea groups is 1. The number of hydrogen-bond donors (Lipinski definition) is 1. The third-order valence-electron chi connectivity index (χ3n) is 3.14. The summed E-state index contributed by atoms with van der Waals surface area (Å²) in [5.74, 6) is -0.366. The topological polar surface area (TPSA) is 70.1 Å². The second-order valence-electron chi connectivity index (χ2n) is 4.46. The molecule has 102 valence electrons. The van der Waals surface area contributed by atoms with Crippen molar-refractivity contribution >= 4 is 17.7 Å². The first-order chi connectivity index (χ1) is 9.04. The number of ether oxygens (including phenoxy) is 1. The van der Waals surface area contributed by atoms with Crippen LogP contribution in [0.1, 0.15) is 6.42 Å². The van der Waals surface area contributed by atoms with E-state index in [1.165, 1.54) is 16.9 Å². The number of amides is 2. The number of carboxylic acid groups (broad SMARTS) is 1. The van der Waals surface area contributed by atoms with E-state index in [1.807, 2.05) is 0 Å². The molecule has 0 aromatic heterocycles. The molecule has 1 aliphatic rings. The van der Waals surface area contributed by atoms with Gasteiger partial charge in [-0.1, -0.05) is 12.1 Å². The number of benzene rings is 1. The molecular weight excluding hydrogens is 248 g/mol. The highest BCUT2D eigenvalue weighted by Crippen LogP contribution is 2.33. The molecule has 1 fully saturated rings. The summed E-state index contributed by atoms with van der Waals surface area (Å²) in [5.41, 5.74) is 0.602. The van der Waals surface area contributed by atoms with Crippen molar-refractivity contribution in [3.8, 4) is 5.75 Å². The van der Waals surface area contributed by atoms with E-state index in [0.29, 0.717) is 18.0 Å². The van der Waals surface area contributed by atoms with Gasteiger partial charge in [-0.3, -0.25) is 9.69 Å². The molecule has 2 rings (SSSR count). The number of anilines is 1. The molecule has 1 saturated heterocycles.